The summed E-state index contributed by atoms with van der Waals surface area (Å²) in [5.74, 6) is -0.468. The van der Waals surface area contributed by atoms with Gasteiger partial charge in [-0.1, -0.05) is 24.3 Å². The van der Waals surface area contributed by atoms with E-state index in [1.807, 2.05) is 24.3 Å². The van der Waals surface area contributed by atoms with Crippen molar-refractivity contribution >= 4 is 39.1 Å². The van der Waals surface area contributed by atoms with Gasteiger partial charge in [0.25, 0.3) is 11.8 Å². The normalized spacial score (nSPS) is 16.4. The van der Waals surface area contributed by atoms with E-state index in [2.05, 4.69) is 15.0 Å². The van der Waals surface area contributed by atoms with E-state index in [1.54, 1.807) is 24.3 Å². The zero-order chi connectivity index (χ0) is 18.6. The molecule has 3 aromatic rings. The Morgan fingerprint density at radius 2 is 2.04 bits per heavy atom. The molecule has 1 aliphatic rings. The van der Waals surface area contributed by atoms with Crippen LogP contribution in [0.2, 0.25) is 0 Å². The average Bonchev–Trinajstić information content (AvgIpc) is 3.36. The Kier molecular flexibility index (Phi) is 5.13. The quantitative estimate of drug-likeness (QED) is 0.709. The van der Waals surface area contributed by atoms with E-state index in [0.29, 0.717) is 23.5 Å². The Bertz CT molecular complexity index is 979. The van der Waals surface area contributed by atoms with Gasteiger partial charge in [0, 0.05) is 29.8 Å². The van der Waals surface area contributed by atoms with E-state index >= 15 is 0 Å². The number of benzene rings is 2. The minimum atomic E-state index is -0.288. The highest BCUT2D eigenvalue weighted by molar-refractivity contribution is 7.13. The Labute approximate surface area is 160 Å². The number of nitrogens with zero attached hydrogens (tertiary/aromatic N) is 1. The number of hydrogen-bond acceptors (Lipinski definition) is 5. The predicted octanol–water partition coefficient (Wildman–Crippen LogP) is 3.46. The van der Waals surface area contributed by atoms with Crippen LogP contribution in [0.25, 0.3) is 10.1 Å². The van der Waals surface area contributed by atoms with Crippen molar-refractivity contribution in [2.75, 3.05) is 18.5 Å². The molecule has 2 N–H and O–H groups in total. The number of anilines is 1. The number of carbonyl (C=O) groups is 2. The lowest BCUT2D eigenvalue weighted by molar-refractivity contribution is 0.0857. The van der Waals surface area contributed by atoms with Crippen molar-refractivity contribution in [3.05, 3.63) is 59.8 Å². The summed E-state index contributed by atoms with van der Waals surface area (Å²) in [7, 11) is 0. The van der Waals surface area contributed by atoms with Gasteiger partial charge in [0.05, 0.1) is 10.8 Å². The molecule has 138 valence electrons. The molecule has 7 heteroatoms. The maximum absolute atomic E-state index is 12.6. The first-order valence-electron chi connectivity index (χ1n) is 8.86. The summed E-state index contributed by atoms with van der Waals surface area (Å²) >= 11 is 1.29. The lowest BCUT2D eigenvalue weighted by Crippen LogP contribution is -2.31. The van der Waals surface area contributed by atoms with Gasteiger partial charge in [-0.25, -0.2) is 0 Å². The van der Waals surface area contributed by atoms with Gasteiger partial charge in [0.2, 0.25) is 0 Å². The van der Waals surface area contributed by atoms with Gasteiger partial charge in [-0.3, -0.25) is 9.59 Å². The zero-order valence-corrected chi connectivity index (χ0v) is 15.4. The molecule has 0 saturated carbocycles. The summed E-state index contributed by atoms with van der Waals surface area (Å²) in [4.78, 5) is 24.9. The first-order valence-corrected chi connectivity index (χ1v) is 9.64. The third kappa shape index (κ3) is 3.99. The molecule has 27 heavy (non-hydrogen) atoms. The van der Waals surface area contributed by atoms with Gasteiger partial charge in [-0.05, 0) is 48.6 Å². The molecule has 2 heterocycles. The highest BCUT2D eigenvalue weighted by Gasteiger charge is 2.18. The van der Waals surface area contributed by atoms with E-state index in [0.717, 1.165) is 29.5 Å². The Hall–Kier alpha value is -2.77. The molecule has 0 radical (unpaired) electrons. The highest BCUT2D eigenvalue weighted by Crippen LogP contribution is 2.23. The number of rotatable bonds is 5. The summed E-state index contributed by atoms with van der Waals surface area (Å²) < 4.78 is 10.7. The van der Waals surface area contributed by atoms with Crippen molar-refractivity contribution in [3.8, 4) is 0 Å². The minimum Gasteiger partial charge on any atom is -0.376 e. The second-order valence-electron chi connectivity index (χ2n) is 6.41. The largest absolute Gasteiger partial charge is 0.376 e. The van der Waals surface area contributed by atoms with Crippen LogP contribution in [0.3, 0.4) is 0 Å². The van der Waals surface area contributed by atoms with Gasteiger partial charge in [0.15, 0.2) is 0 Å². The number of amides is 2. The minimum absolute atomic E-state index is 0.0924. The van der Waals surface area contributed by atoms with Crippen LogP contribution in [0.15, 0.2) is 48.5 Å². The first kappa shape index (κ1) is 17.6. The van der Waals surface area contributed by atoms with Crippen LogP contribution in [0, 0.1) is 0 Å². The van der Waals surface area contributed by atoms with Crippen molar-refractivity contribution in [1.29, 1.82) is 0 Å². The molecule has 0 spiro atoms. The van der Waals surface area contributed by atoms with E-state index in [4.69, 9.17) is 4.74 Å². The van der Waals surface area contributed by atoms with Gasteiger partial charge in [0.1, 0.15) is 5.69 Å². The van der Waals surface area contributed by atoms with E-state index in [1.165, 1.54) is 11.5 Å². The number of hydrogen-bond donors (Lipinski definition) is 2. The number of aromatic nitrogens is 1. The first-order chi connectivity index (χ1) is 13.2. The maximum atomic E-state index is 12.6. The molecule has 6 nitrogen and oxygen atoms in total. The van der Waals surface area contributed by atoms with Crippen LogP contribution in [0.4, 0.5) is 5.69 Å². The fourth-order valence-electron chi connectivity index (χ4n) is 3.09. The lowest BCUT2D eigenvalue weighted by atomic mass is 10.1. The smallest absolute Gasteiger partial charge is 0.276 e. The summed E-state index contributed by atoms with van der Waals surface area (Å²) in [6, 6.07) is 14.5. The third-order valence-corrected chi connectivity index (χ3v) is 5.32. The Morgan fingerprint density at radius 1 is 1.15 bits per heavy atom. The van der Waals surface area contributed by atoms with E-state index in [-0.39, 0.29) is 17.9 Å². The van der Waals surface area contributed by atoms with Gasteiger partial charge >= 0.3 is 0 Å². The SMILES string of the molecule is O=C(NC[C@H]1CCCO1)c1cccc(NC(=O)c2nsc3ccccc23)c1. The molecule has 0 bridgehead atoms. The second-order valence-corrected chi connectivity index (χ2v) is 7.21. The van der Waals surface area contributed by atoms with Crippen LogP contribution >= 0.6 is 11.5 Å². The summed E-state index contributed by atoms with van der Waals surface area (Å²) in [6.45, 7) is 1.26. The molecule has 1 aromatic heterocycles. The summed E-state index contributed by atoms with van der Waals surface area (Å²) in [6.07, 6.45) is 2.10. The Morgan fingerprint density at radius 3 is 2.89 bits per heavy atom. The van der Waals surface area contributed by atoms with Crippen molar-refractivity contribution in [1.82, 2.24) is 9.69 Å². The van der Waals surface area contributed by atoms with Crippen molar-refractivity contribution in [2.24, 2.45) is 0 Å². The van der Waals surface area contributed by atoms with Crippen LogP contribution in [-0.4, -0.2) is 35.4 Å². The molecule has 2 amide bonds. The molecule has 2 aromatic carbocycles. The van der Waals surface area contributed by atoms with Crippen molar-refractivity contribution < 1.29 is 14.3 Å². The molecule has 4 rings (SSSR count). The number of carbonyl (C=O) groups excluding carboxylic acids is 2. The fourth-order valence-corrected chi connectivity index (χ4v) is 3.87. The molecule has 0 aliphatic carbocycles. The Balaban J connectivity index is 1.44. The standard InChI is InChI=1S/C20H19N3O3S/c24-19(21-12-15-7-4-10-26-15)13-5-3-6-14(11-13)22-20(25)18-16-8-1-2-9-17(16)27-23-18/h1-3,5-6,8-9,11,15H,4,7,10,12H2,(H,21,24)(H,22,25)/t15-/m1/s1. The molecule has 1 atom stereocenters. The number of fused-ring (bicyclic) bond motifs is 1. The highest BCUT2D eigenvalue weighted by atomic mass is 32.1. The molecule has 0 unspecified atom stereocenters. The predicted molar refractivity (Wildman–Crippen MR) is 105 cm³/mol. The topological polar surface area (TPSA) is 80.3 Å². The van der Waals surface area contributed by atoms with Crippen molar-refractivity contribution in [3.63, 3.8) is 0 Å². The molecule has 1 fully saturated rings. The molecular weight excluding hydrogens is 362 g/mol. The second kappa shape index (κ2) is 7.85. The molecule has 1 saturated heterocycles. The van der Waals surface area contributed by atoms with Crippen molar-refractivity contribution in [2.45, 2.75) is 18.9 Å². The maximum Gasteiger partial charge on any atom is 0.276 e. The lowest BCUT2D eigenvalue weighted by Gasteiger charge is -2.11. The van der Waals surface area contributed by atoms with E-state index < -0.39 is 0 Å². The average molecular weight is 381 g/mol. The third-order valence-electron chi connectivity index (χ3n) is 4.49. The van der Waals surface area contributed by atoms with E-state index in [9.17, 15) is 9.59 Å². The van der Waals surface area contributed by atoms with Gasteiger partial charge in [-0.15, -0.1) is 0 Å². The molecule has 1 aliphatic heterocycles. The van der Waals surface area contributed by atoms with Gasteiger partial charge in [-0.2, -0.15) is 4.37 Å². The fraction of sp³-hybridized carbons (Fsp3) is 0.250. The number of ether oxygens (including phenoxy) is 1. The van der Waals surface area contributed by atoms with Crippen LogP contribution in [-0.2, 0) is 4.74 Å². The monoisotopic (exact) mass is 381 g/mol. The zero-order valence-electron chi connectivity index (χ0n) is 14.6. The van der Waals surface area contributed by atoms with Crippen LogP contribution in [0.1, 0.15) is 33.7 Å². The van der Waals surface area contributed by atoms with Gasteiger partial charge < -0.3 is 15.4 Å². The van der Waals surface area contributed by atoms with Crippen LogP contribution in [0.5, 0.6) is 0 Å². The molecular formula is C20H19N3O3S. The number of nitrogens with one attached hydrogen (secondary N) is 2. The van der Waals surface area contributed by atoms with Crippen LogP contribution < -0.4 is 10.6 Å². The summed E-state index contributed by atoms with van der Waals surface area (Å²) in [5.41, 5.74) is 1.44. The summed E-state index contributed by atoms with van der Waals surface area (Å²) in [5, 5.41) is 6.54.